The molecular weight excluding hydrogens is 463 g/mol. The number of carbonyl (C=O) groups is 1. The van der Waals surface area contributed by atoms with Crippen molar-refractivity contribution in [3.63, 3.8) is 0 Å². The number of halogens is 3. The zero-order chi connectivity index (χ0) is 23.6. The van der Waals surface area contributed by atoms with Crippen molar-refractivity contribution in [2.45, 2.75) is 13.1 Å². The van der Waals surface area contributed by atoms with Gasteiger partial charge in [-0.1, -0.05) is 0 Å². The molecule has 4 heterocycles. The summed E-state index contributed by atoms with van der Waals surface area (Å²) in [6.07, 6.45) is -0.0842. The predicted molar refractivity (Wildman–Crippen MR) is 113 cm³/mol. The molecule has 0 saturated heterocycles. The molecule has 10 nitrogen and oxygen atoms in total. The van der Waals surface area contributed by atoms with Crippen molar-refractivity contribution in [1.82, 2.24) is 30.5 Å². The molecule has 4 aromatic rings. The number of aromatic amines is 1. The van der Waals surface area contributed by atoms with Crippen molar-refractivity contribution in [3.05, 3.63) is 52.3 Å². The van der Waals surface area contributed by atoms with Gasteiger partial charge in [-0.15, -0.1) is 16.4 Å². The number of alkyl halides is 3. The second-order valence-electron chi connectivity index (χ2n) is 6.71. The average Bonchev–Trinajstić information content (AvgIpc) is 3.40. The van der Waals surface area contributed by atoms with Crippen LogP contribution in [0.5, 0.6) is 0 Å². The van der Waals surface area contributed by atoms with Gasteiger partial charge < -0.3 is 9.73 Å². The van der Waals surface area contributed by atoms with Crippen LogP contribution >= 0.6 is 11.3 Å². The maximum atomic E-state index is 12.3. The maximum absolute atomic E-state index is 12.3. The minimum Gasteiger partial charge on any atom is -0.388 e. The molecule has 4 rings (SSSR count). The highest BCUT2D eigenvalue weighted by Gasteiger charge is 2.27. The topological polar surface area (TPSA) is 139 Å². The van der Waals surface area contributed by atoms with Crippen molar-refractivity contribution < 1.29 is 22.4 Å². The van der Waals surface area contributed by atoms with Crippen molar-refractivity contribution in [3.8, 4) is 33.2 Å². The van der Waals surface area contributed by atoms with Crippen LogP contribution in [0.2, 0.25) is 0 Å². The second kappa shape index (κ2) is 8.82. The fourth-order valence-electron chi connectivity index (χ4n) is 2.81. The Morgan fingerprint density at radius 3 is 2.64 bits per heavy atom. The van der Waals surface area contributed by atoms with Crippen LogP contribution in [0.3, 0.4) is 0 Å². The van der Waals surface area contributed by atoms with E-state index >= 15 is 0 Å². The lowest BCUT2D eigenvalue weighted by atomic mass is 10.0. The van der Waals surface area contributed by atoms with Gasteiger partial charge in [0.15, 0.2) is 0 Å². The number of thiazole rings is 1. The van der Waals surface area contributed by atoms with Gasteiger partial charge in [-0.2, -0.15) is 13.2 Å². The maximum Gasteiger partial charge on any atom is 0.434 e. The van der Waals surface area contributed by atoms with E-state index in [2.05, 4.69) is 30.5 Å². The molecule has 0 aliphatic carbocycles. The zero-order valence-corrected chi connectivity index (χ0v) is 17.5. The van der Waals surface area contributed by atoms with Gasteiger partial charge >= 0.3 is 18.0 Å². The third-order valence-electron chi connectivity index (χ3n) is 4.18. The molecule has 0 atom stereocenters. The molecule has 0 radical (unpaired) electrons. The number of rotatable bonds is 5. The van der Waals surface area contributed by atoms with Crippen molar-refractivity contribution in [2.75, 3.05) is 11.9 Å². The first-order chi connectivity index (χ1) is 15.7. The fraction of sp³-hybridized carbons (Fsp3) is 0.158. The van der Waals surface area contributed by atoms with Gasteiger partial charge in [0.1, 0.15) is 17.4 Å². The number of nitrogens with one attached hydrogen (secondary N) is 3. The molecule has 0 saturated carbocycles. The van der Waals surface area contributed by atoms with Crippen LogP contribution in [0, 0.1) is 6.92 Å². The number of nitrogens with zero attached hydrogens (tertiary/aromatic N) is 4. The van der Waals surface area contributed by atoms with Gasteiger partial charge in [0.05, 0.1) is 5.56 Å². The van der Waals surface area contributed by atoms with E-state index in [1.807, 2.05) is 12.3 Å². The van der Waals surface area contributed by atoms with Crippen LogP contribution in [0.15, 0.2) is 45.3 Å². The van der Waals surface area contributed by atoms with Crippen LogP contribution in [0.4, 0.5) is 23.8 Å². The number of hydrogen-bond donors (Lipinski definition) is 3. The standard InChI is InChI=1S/C19H14F3N7O3S/c1-9-7-33-16(26-9)12-3-14(27-17(30)25-8-19(20,21)22)24-6-13(12)10-2-11(5-23-4-10)15-28-29-18(31)32-15/h2-7H,8H2,1H3,(H,29,31)(H2,24,25,27,30). The summed E-state index contributed by atoms with van der Waals surface area (Å²) in [6.45, 7) is 0.337. The number of amides is 2. The highest BCUT2D eigenvalue weighted by molar-refractivity contribution is 7.13. The molecule has 2 amide bonds. The number of anilines is 1. The first-order valence-corrected chi connectivity index (χ1v) is 10.1. The third kappa shape index (κ3) is 5.41. The van der Waals surface area contributed by atoms with E-state index in [1.165, 1.54) is 29.8 Å². The van der Waals surface area contributed by atoms with Crippen LogP contribution in [0.25, 0.3) is 33.2 Å². The molecule has 0 aliphatic rings. The van der Waals surface area contributed by atoms with E-state index in [1.54, 1.807) is 17.6 Å². The molecule has 3 N–H and O–H groups in total. The highest BCUT2D eigenvalue weighted by Crippen LogP contribution is 2.35. The van der Waals surface area contributed by atoms with Crippen molar-refractivity contribution in [1.29, 1.82) is 0 Å². The number of aryl methyl sites for hydroxylation is 1. The first-order valence-electron chi connectivity index (χ1n) is 9.23. The van der Waals surface area contributed by atoms with Crippen LogP contribution in [-0.4, -0.2) is 43.9 Å². The van der Waals surface area contributed by atoms with E-state index in [0.717, 1.165) is 5.69 Å². The van der Waals surface area contributed by atoms with Crippen LogP contribution < -0.4 is 16.4 Å². The molecule has 4 aromatic heterocycles. The lowest BCUT2D eigenvalue weighted by Gasteiger charge is -2.12. The molecule has 0 bridgehead atoms. The van der Waals surface area contributed by atoms with E-state index in [-0.39, 0.29) is 11.7 Å². The SMILES string of the molecule is Cc1csc(-c2cc(NC(=O)NCC(F)(F)F)ncc2-c2cncc(-c3n[nH]c(=O)o3)c2)n1. The minimum atomic E-state index is -4.54. The summed E-state index contributed by atoms with van der Waals surface area (Å²) >= 11 is 1.34. The third-order valence-corrected chi connectivity index (χ3v) is 5.17. The molecule has 33 heavy (non-hydrogen) atoms. The Kier molecular flexibility index (Phi) is 5.91. The molecular formula is C19H14F3N7O3S. The highest BCUT2D eigenvalue weighted by atomic mass is 32.1. The van der Waals surface area contributed by atoms with Gasteiger partial charge in [-0.3, -0.25) is 10.3 Å². The molecule has 0 unspecified atom stereocenters. The summed E-state index contributed by atoms with van der Waals surface area (Å²) in [6, 6.07) is 2.13. The summed E-state index contributed by atoms with van der Waals surface area (Å²) < 4.78 is 42.0. The number of hydrogen-bond acceptors (Lipinski definition) is 8. The monoisotopic (exact) mass is 477 g/mol. The number of carbonyl (C=O) groups excluding carboxylic acids is 1. The predicted octanol–water partition coefficient (Wildman–Crippen LogP) is 3.60. The van der Waals surface area contributed by atoms with E-state index in [0.29, 0.717) is 27.3 Å². The Morgan fingerprint density at radius 1 is 1.18 bits per heavy atom. The zero-order valence-electron chi connectivity index (χ0n) is 16.7. The quantitative estimate of drug-likeness (QED) is 0.399. The van der Waals surface area contributed by atoms with Crippen LogP contribution in [0.1, 0.15) is 5.69 Å². The summed E-state index contributed by atoms with van der Waals surface area (Å²) in [5, 5.41) is 12.4. The Bertz CT molecular complexity index is 1360. The summed E-state index contributed by atoms with van der Waals surface area (Å²) in [5.74, 6) is -0.632. The van der Waals surface area contributed by atoms with Crippen molar-refractivity contribution >= 4 is 23.2 Å². The average molecular weight is 477 g/mol. The Morgan fingerprint density at radius 2 is 1.97 bits per heavy atom. The Balaban J connectivity index is 1.70. The lowest BCUT2D eigenvalue weighted by molar-refractivity contribution is -0.122. The summed E-state index contributed by atoms with van der Waals surface area (Å²) in [5.41, 5.74) is 2.93. The van der Waals surface area contributed by atoms with Gasteiger partial charge in [-0.05, 0) is 19.1 Å². The van der Waals surface area contributed by atoms with Gasteiger partial charge in [-0.25, -0.2) is 24.7 Å². The number of pyridine rings is 2. The summed E-state index contributed by atoms with van der Waals surface area (Å²) in [7, 11) is 0. The fourth-order valence-corrected chi connectivity index (χ4v) is 3.63. The molecule has 0 aromatic carbocycles. The van der Waals surface area contributed by atoms with E-state index in [4.69, 9.17) is 4.42 Å². The normalized spacial score (nSPS) is 11.4. The smallest absolute Gasteiger partial charge is 0.388 e. The molecule has 170 valence electrons. The Labute approximate surface area is 186 Å². The van der Waals surface area contributed by atoms with Crippen molar-refractivity contribution in [2.24, 2.45) is 0 Å². The molecule has 0 aliphatic heterocycles. The van der Waals surface area contributed by atoms with Crippen LogP contribution in [-0.2, 0) is 0 Å². The van der Waals surface area contributed by atoms with E-state index in [9.17, 15) is 22.8 Å². The van der Waals surface area contributed by atoms with Gasteiger partial charge in [0.2, 0.25) is 0 Å². The van der Waals surface area contributed by atoms with E-state index < -0.39 is 24.5 Å². The molecule has 0 spiro atoms. The second-order valence-corrected chi connectivity index (χ2v) is 7.57. The lowest BCUT2D eigenvalue weighted by Crippen LogP contribution is -2.36. The number of H-pyrrole nitrogens is 1. The van der Waals surface area contributed by atoms with Gasteiger partial charge in [0, 0.05) is 46.4 Å². The number of urea groups is 1. The first kappa shape index (κ1) is 22.1. The minimum absolute atomic E-state index is 0.0312. The Hall–Kier alpha value is -4.07. The molecule has 14 heteroatoms. The summed E-state index contributed by atoms with van der Waals surface area (Å²) in [4.78, 5) is 35.9. The number of aromatic nitrogens is 5. The van der Waals surface area contributed by atoms with Gasteiger partial charge in [0.25, 0.3) is 5.89 Å². The molecule has 0 fully saturated rings. The largest absolute Gasteiger partial charge is 0.434 e.